The zero-order valence-electron chi connectivity index (χ0n) is 20.6. The maximum absolute atomic E-state index is 14.5. The molecule has 1 aliphatic carbocycles. The molecule has 2 heterocycles. The number of carbonyl (C=O) groups is 3. The van der Waals surface area contributed by atoms with Crippen LogP contribution in [0.1, 0.15) is 48.1 Å². The largest absolute Gasteiger partial charge is 0.352 e. The fraction of sp³-hybridized carbons (Fsp3) is 0.121. The highest BCUT2D eigenvalue weighted by Gasteiger charge is 2.71. The van der Waals surface area contributed by atoms with Crippen LogP contribution in [0.25, 0.3) is 6.08 Å². The Bertz CT molecular complexity index is 1680. The Morgan fingerprint density at radius 2 is 1.46 bits per heavy atom. The summed E-state index contributed by atoms with van der Waals surface area (Å²) in [6.07, 6.45) is 3.80. The minimum atomic E-state index is -1.60. The predicted octanol–water partition coefficient (Wildman–Crippen LogP) is 6.90. The van der Waals surface area contributed by atoms with Crippen molar-refractivity contribution in [3.05, 3.63) is 141 Å². The Morgan fingerprint density at radius 3 is 2.13 bits per heavy atom. The van der Waals surface area contributed by atoms with Gasteiger partial charge in [-0.15, -0.1) is 0 Å². The topological polar surface area (TPSA) is 54.5 Å². The summed E-state index contributed by atoms with van der Waals surface area (Å²) in [7, 11) is 0. The summed E-state index contributed by atoms with van der Waals surface area (Å²) < 4.78 is 15.0. The molecule has 1 fully saturated rings. The van der Waals surface area contributed by atoms with E-state index >= 15 is 0 Å². The van der Waals surface area contributed by atoms with E-state index in [1.165, 1.54) is 12.1 Å². The first-order chi connectivity index (χ1) is 18.9. The number of halogens is 2. The highest BCUT2D eigenvalue weighted by molar-refractivity contribution is 9.10. The van der Waals surface area contributed by atoms with Crippen LogP contribution in [0.5, 0.6) is 0 Å². The lowest BCUT2D eigenvalue weighted by molar-refractivity contribution is 0.0666. The van der Waals surface area contributed by atoms with E-state index in [4.69, 9.17) is 0 Å². The third kappa shape index (κ3) is 3.24. The van der Waals surface area contributed by atoms with Crippen LogP contribution in [0.2, 0.25) is 0 Å². The number of fused-ring (bicyclic) bond motifs is 5. The van der Waals surface area contributed by atoms with E-state index in [2.05, 4.69) is 15.9 Å². The lowest BCUT2D eigenvalue weighted by Crippen LogP contribution is -2.48. The molecule has 2 aliphatic heterocycles. The van der Waals surface area contributed by atoms with Crippen LogP contribution >= 0.6 is 15.9 Å². The molecule has 1 saturated heterocycles. The van der Waals surface area contributed by atoms with E-state index in [9.17, 15) is 18.8 Å². The van der Waals surface area contributed by atoms with Crippen LogP contribution in [0.3, 0.4) is 0 Å². The van der Waals surface area contributed by atoms with Crippen molar-refractivity contribution in [1.82, 2.24) is 0 Å². The molecule has 190 valence electrons. The van der Waals surface area contributed by atoms with E-state index in [-0.39, 0.29) is 17.3 Å². The Hall–Kier alpha value is -4.16. The third-order valence-electron chi connectivity index (χ3n) is 8.32. The maximum Gasteiger partial charge on any atom is 0.185 e. The second kappa shape index (κ2) is 8.68. The van der Waals surface area contributed by atoms with Crippen LogP contribution in [0.15, 0.2) is 108 Å². The van der Waals surface area contributed by atoms with Crippen molar-refractivity contribution in [3.8, 4) is 0 Å². The predicted molar refractivity (Wildman–Crippen MR) is 151 cm³/mol. The van der Waals surface area contributed by atoms with E-state index in [0.29, 0.717) is 22.3 Å². The molecule has 0 amide bonds. The summed E-state index contributed by atoms with van der Waals surface area (Å²) in [6, 6.07) is 25.8. The summed E-state index contributed by atoms with van der Waals surface area (Å²) in [5.74, 6) is -2.10. The number of benzene rings is 4. The SMILES string of the molecule is O=C(c1ccccc1)[C@H]1[C@H](c2ccc(F)cc2)C2(C(=O)c3ccccc3C2=O)[C@H]2C=Cc3cc(Br)ccc3N12. The Balaban J connectivity index is 1.55. The zero-order chi connectivity index (χ0) is 26.9. The van der Waals surface area contributed by atoms with Crippen molar-refractivity contribution >= 4 is 45.0 Å². The first-order valence-electron chi connectivity index (χ1n) is 12.7. The van der Waals surface area contributed by atoms with Gasteiger partial charge in [-0.25, -0.2) is 4.39 Å². The average Bonchev–Trinajstić information content (AvgIpc) is 3.39. The molecule has 7 rings (SSSR count). The zero-order valence-corrected chi connectivity index (χ0v) is 22.1. The molecule has 0 saturated carbocycles. The molecule has 0 aromatic heterocycles. The number of anilines is 1. The molecular weight excluding hydrogens is 557 g/mol. The van der Waals surface area contributed by atoms with Crippen molar-refractivity contribution in [2.24, 2.45) is 5.41 Å². The number of ketones is 3. The van der Waals surface area contributed by atoms with Crippen molar-refractivity contribution in [1.29, 1.82) is 0 Å². The Morgan fingerprint density at radius 1 is 0.821 bits per heavy atom. The molecule has 4 aromatic rings. The average molecular weight is 578 g/mol. The molecule has 3 atom stereocenters. The molecular formula is C33H21BrFNO3. The highest BCUT2D eigenvalue weighted by atomic mass is 79.9. The number of hydrogen-bond acceptors (Lipinski definition) is 4. The van der Waals surface area contributed by atoms with Crippen LogP contribution in [-0.4, -0.2) is 29.4 Å². The first kappa shape index (κ1) is 23.9. The van der Waals surface area contributed by atoms with E-state index in [0.717, 1.165) is 15.7 Å². The van der Waals surface area contributed by atoms with Gasteiger partial charge < -0.3 is 4.90 Å². The van der Waals surface area contributed by atoms with Gasteiger partial charge in [0.2, 0.25) is 0 Å². The number of rotatable bonds is 3. The molecule has 0 bridgehead atoms. The molecule has 1 spiro atoms. The second-order valence-electron chi connectivity index (χ2n) is 10.2. The normalized spacial score (nSPS) is 22.1. The van der Waals surface area contributed by atoms with Crippen LogP contribution in [0.4, 0.5) is 10.1 Å². The molecule has 3 aliphatic rings. The van der Waals surface area contributed by atoms with E-state index in [1.54, 1.807) is 60.7 Å². The number of Topliss-reactive ketones (excluding diaryl/α,β-unsaturated/α-hetero) is 3. The minimum Gasteiger partial charge on any atom is -0.352 e. The summed E-state index contributed by atoms with van der Waals surface area (Å²) in [5.41, 5.74) is 1.81. The highest BCUT2D eigenvalue weighted by Crippen LogP contribution is 2.61. The summed E-state index contributed by atoms with van der Waals surface area (Å²) in [5, 5.41) is 0. The third-order valence-corrected chi connectivity index (χ3v) is 8.82. The van der Waals surface area contributed by atoms with Crippen LogP contribution < -0.4 is 4.90 Å². The molecule has 39 heavy (non-hydrogen) atoms. The van der Waals surface area contributed by atoms with Crippen molar-refractivity contribution < 1.29 is 18.8 Å². The van der Waals surface area contributed by atoms with Gasteiger partial charge in [0.15, 0.2) is 17.3 Å². The standard InChI is InChI=1S/C33H21BrFNO3/c34-22-13-16-26-21(18-22)12-17-27-33(31(38)24-8-4-5-9-25(24)32(33)39)28(19-10-14-23(35)15-11-19)29(36(26)27)30(37)20-6-2-1-3-7-20/h1-18,27-29H/t27-,28+,29-/m1/s1. The number of nitrogens with zero attached hydrogens (tertiary/aromatic N) is 1. The molecule has 6 heteroatoms. The molecule has 0 N–H and O–H groups in total. The monoisotopic (exact) mass is 577 g/mol. The molecule has 4 nitrogen and oxygen atoms in total. The van der Waals surface area contributed by atoms with Crippen LogP contribution in [0, 0.1) is 11.2 Å². The van der Waals surface area contributed by atoms with Gasteiger partial charge in [-0.1, -0.05) is 94.8 Å². The van der Waals surface area contributed by atoms with Gasteiger partial charge in [0.05, 0.1) is 6.04 Å². The van der Waals surface area contributed by atoms with E-state index in [1.807, 2.05) is 41.3 Å². The second-order valence-corrected chi connectivity index (χ2v) is 11.1. The summed E-state index contributed by atoms with van der Waals surface area (Å²) >= 11 is 3.53. The first-order valence-corrected chi connectivity index (χ1v) is 13.5. The van der Waals surface area contributed by atoms with Crippen molar-refractivity contribution in [2.45, 2.75) is 18.0 Å². The number of hydrogen-bond donors (Lipinski definition) is 0. The quantitative estimate of drug-likeness (QED) is 0.196. The van der Waals surface area contributed by atoms with Gasteiger partial charge in [-0.05, 0) is 41.5 Å². The Labute approximate surface area is 232 Å². The van der Waals surface area contributed by atoms with Gasteiger partial charge in [0, 0.05) is 32.8 Å². The van der Waals surface area contributed by atoms with Gasteiger partial charge in [0.1, 0.15) is 17.3 Å². The maximum atomic E-state index is 14.5. The smallest absolute Gasteiger partial charge is 0.185 e. The molecule has 0 unspecified atom stereocenters. The number of carbonyl (C=O) groups excluding carboxylic acids is 3. The van der Waals surface area contributed by atoms with Crippen molar-refractivity contribution in [2.75, 3.05) is 4.90 Å². The molecule has 0 radical (unpaired) electrons. The van der Waals surface area contributed by atoms with Crippen molar-refractivity contribution in [3.63, 3.8) is 0 Å². The van der Waals surface area contributed by atoms with Gasteiger partial charge in [-0.3, -0.25) is 14.4 Å². The minimum absolute atomic E-state index is 0.201. The fourth-order valence-electron chi connectivity index (χ4n) is 6.76. The summed E-state index contributed by atoms with van der Waals surface area (Å²) in [6.45, 7) is 0. The van der Waals surface area contributed by atoms with E-state index < -0.39 is 29.2 Å². The lowest BCUT2D eigenvalue weighted by Gasteiger charge is -2.37. The molecule has 4 aromatic carbocycles. The lowest BCUT2D eigenvalue weighted by atomic mass is 9.64. The fourth-order valence-corrected chi connectivity index (χ4v) is 7.14. The van der Waals surface area contributed by atoms with Crippen LogP contribution in [-0.2, 0) is 0 Å². The summed E-state index contributed by atoms with van der Waals surface area (Å²) in [4.78, 5) is 45.5. The van der Waals surface area contributed by atoms with Gasteiger partial charge in [-0.2, -0.15) is 0 Å². The van der Waals surface area contributed by atoms with Gasteiger partial charge in [0.25, 0.3) is 0 Å². The Kier molecular flexibility index (Phi) is 5.32. The van der Waals surface area contributed by atoms with Gasteiger partial charge >= 0.3 is 0 Å².